The molecule has 0 bridgehead atoms. The number of carbonyl (C=O) groups is 1. The third kappa shape index (κ3) is 3.26. The van der Waals surface area contributed by atoms with Gasteiger partial charge in [0.1, 0.15) is 5.78 Å². The lowest BCUT2D eigenvalue weighted by Gasteiger charge is -2.44. The number of nitrogens with zero attached hydrogens (tertiary/aromatic N) is 1. The molecule has 4 heteroatoms. The highest BCUT2D eigenvalue weighted by Crippen LogP contribution is 2.22. The summed E-state index contributed by atoms with van der Waals surface area (Å²) in [4.78, 5) is 13.4. The van der Waals surface area contributed by atoms with Crippen LogP contribution < -0.4 is 0 Å². The third-order valence-corrected chi connectivity index (χ3v) is 2.85. The number of aliphatic hydroxyl groups excluding tert-OH is 1. The fraction of sp³-hybridized carbons (Fsp3) is 0.909. The van der Waals surface area contributed by atoms with Crippen LogP contribution in [0.4, 0.5) is 0 Å². The molecule has 0 spiro atoms. The molecule has 1 saturated heterocycles. The van der Waals surface area contributed by atoms with Crippen molar-refractivity contribution in [2.75, 3.05) is 19.7 Å². The molecule has 2 unspecified atom stereocenters. The highest BCUT2D eigenvalue weighted by atomic mass is 16.5. The van der Waals surface area contributed by atoms with Crippen LogP contribution in [0.15, 0.2) is 0 Å². The van der Waals surface area contributed by atoms with Crippen molar-refractivity contribution in [3.63, 3.8) is 0 Å². The summed E-state index contributed by atoms with van der Waals surface area (Å²) in [5.41, 5.74) is -0.296. The molecule has 1 N–H and O–H groups in total. The molecule has 1 aliphatic heterocycles. The van der Waals surface area contributed by atoms with Crippen molar-refractivity contribution in [1.82, 2.24) is 4.90 Å². The third-order valence-electron chi connectivity index (χ3n) is 2.85. The smallest absolute Gasteiger partial charge is 0.146 e. The number of ketones is 1. The molecule has 1 rings (SSSR count). The SMILES string of the molecule is CC(=O)C(C)N1CC(CO)OC(C)(C)C1. The lowest BCUT2D eigenvalue weighted by atomic mass is 10.0. The van der Waals surface area contributed by atoms with Gasteiger partial charge in [0, 0.05) is 13.1 Å². The van der Waals surface area contributed by atoms with E-state index in [1.165, 1.54) is 0 Å². The Labute approximate surface area is 91.2 Å². The summed E-state index contributed by atoms with van der Waals surface area (Å²) >= 11 is 0. The van der Waals surface area contributed by atoms with Crippen LogP contribution in [0.2, 0.25) is 0 Å². The highest BCUT2D eigenvalue weighted by molar-refractivity contribution is 5.80. The predicted molar refractivity (Wildman–Crippen MR) is 57.8 cm³/mol. The minimum absolute atomic E-state index is 0.00452. The average Bonchev–Trinajstić information content (AvgIpc) is 2.13. The van der Waals surface area contributed by atoms with E-state index in [4.69, 9.17) is 9.84 Å². The first-order chi connectivity index (χ1) is 6.85. The first-order valence-corrected chi connectivity index (χ1v) is 5.39. The van der Waals surface area contributed by atoms with Crippen molar-refractivity contribution in [2.45, 2.75) is 45.4 Å². The topological polar surface area (TPSA) is 49.8 Å². The van der Waals surface area contributed by atoms with E-state index in [1.54, 1.807) is 6.92 Å². The fourth-order valence-corrected chi connectivity index (χ4v) is 1.99. The molecule has 1 fully saturated rings. The second-order valence-corrected chi connectivity index (χ2v) is 4.90. The second-order valence-electron chi connectivity index (χ2n) is 4.90. The van der Waals surface area contributed by atoms with Crippen LogP contribution in [0, 0.1) is 0 Å². The molecule has 0 aliphatic carbocycles. The monoisotopic (exact) mass is 215 g/mol. The zero-order chi connectivity index (χ0) is 11.6. The number of aliphatic hydroxyl groups is 1. The fourth-order valence-electron chi connectivity index (χ4n) is 1.99. The first kappa shape index (κ1) is 12.6. The number of hydrogen-bond donors (Lipinski definition) is 1. The largest absolute Gasteiger partial charge is 0.394 e. The van der Waals surface area contributed by atoms with E-state index in [0.717, 1.165) is 6.54 Å². The maximum absolute atomic E-state index is 11.3. The first-order valence-electron chi connectivity index (χ1n) is 5.39. The molecule has 0 radical (unpaired) electrons. The van der Waals surface area contributed by atoms with Crippen molar-refractivity contribution in [1.29, 1.82) is 0 Å². The van der Waals surface area contributed by atoms with Crippen molar-refractivity contribution < 1.29 is 14.6 Å². The van der Waals surface area contributed by atoms with Gasteiger partial charge in [-0.1, -0.05) is 0 Å². The zero-order valence-electron chi connectivity index (χ0n) is 9.99. The quantitative estimate of drug-likeness (QED) is 0.742. The van der Waals surface area contributed by atoms with Crippen LogP contribution in [-0.2, 0) is 9.53 Å². The van der Waals surface area contributed by atoms with Crippen molar-refractivity contribution >= 4 is 5.78 Å². The molecule has 0 saturated carbocycles. The Hall–Kier alpha value is -0.450. The molecule has 4 nitrogen and oxygen atoms in total. The molecule has 0 aromatic rings. The van der Waals surface area contributed by atoms with Gasteiger partial charge < -0.3 is 9.84 Å². The Morgan fingerprint density at radius 1 is 1.67 bits per heavy atom. The summed E-state index contributed by atoms with van der Waals surface area (Å²) in [6.07, 6.45) is -0.185. The van der Waals surface area contributed by atoms with Gasteiger partial charge in [-0.05, 0) is 27.7 Å². The predicted octanol–water partition coefficient (Wildman–Crippen LogP) is 0.436. The Bertz CT molecular complexity index is 240. The zero-order valence-corrected chi connectivity index (χ0v) is 9.99. The summed E-state index contributed by atoms with van der Waals surface area (Å²) in [6, 6.07) is -0.0952. The van der Waals surface area contributed by atoms with Gasteiger partial charge in [0.15, 0.2) is 0 Å². The summed E-state index contributed by atoms with van der Waals surface area (Å²) in [7, 11) is 0. The number of ether oxygens (including phenoxy) is 1. The summed E-state index contributed by atoms with van der Waals surface area (Å²) in [5.74, 6) is 0.157. The van der Waals surface area contributed by atoms with Crippen LogP contribution in [0.3, 0.4) is 0 Å². The molecule has 15 heavy (non-hydrogen) atoms. The Morgan fingerprint density at radius 3 is 2.73 bits per heavy atom. The van der Waals surface area contributed by atoms with E-state index in [2.05, 4.69) is 4.90 Å². The molecule has 0 amide bonds. The maximum atomic E-state index is 11.3. The van der Waals surface area contributed by atoms with Crippen LogP contribution in [0.1, 0.15) is 27.7 Å². The number of hydrogen-bond acceptors (Lipinski definition) is 4. The van der Waals surface area contributed by atoms with Gasteiger partial charge in [0.2, 0.25) is 0 Å². The van der Waals surface area contributed by atoms with Crippen molar-refractivity contribution in [3.05, 3.63) is 0 Å². The minimum Gasteiger partial charge on any atom is -0.394 e. The average molecular weight is 215 g/mol. The normalized spacial score (nSPS) is 28.7. The molecule has 2 atom stereocenters. The van der Waals surface area contributed by atoms with Crippen molar-refractivity contribution in [2.24, 2.45) is 0 Å². The van der Waals surface area contributed by atoms with E-state index < -0.39 is 0 Å². The standard InChI is InChI=1S/C11H21NO3/c1-8(9(2)14)12-5-10(6-13)15-11(3,4)7-12/h8,10,13H,5-7H2,1-4H3. The molecule has 0 aromatic carbocycles. The lowest BCUT2D eigenvalue weighted by Crippen LogP contribution is -2.57. The summed E-state index contributed by atoms with van der Waals surface area (Å²) < 4.78 is 5.68. The second kappa shape index (κ2) is 4.60. The summed E-state index contributed by atoms with van der Waals surface area (Å²) in [5, 5.41) is 9.12. The van der Waals surface area contributed by atoms with E-state index in [-0.39, 0.29) is 30.1 Å². The van der Waals surface area contributed by atoms with Gasteiger partial charge in [-0.25, -0.2) is 0 Å². The van der Waals surface area contributed by atoms with Gasteiger partial charge in [-0.2, -0.15) is 0 Å². The van der Waals surface area contributed by atoms with Crippen LogP contribution in [0.5, 0.6) is 0 Å². The van der Waals surface area contributed by atoms with E-state index >= 15 is 0 Å². The lowest BCUT2D eigenvalue weighted by molar-refractivity contribution is -0.159. The Morgan fingerprint density at radius 2 is 2.27 bits per heavy atom. The number of rotatable bonds is 3. The van der Waals surface area contributed by atoms with E-state index in [9.17, 15) is 4.79 Å². The Kier molecular flexibility index (Phi) is 3.87. The summed E-state index contributed by atoms with van der Waals surface area (Å²) in [6.45, 7) is 8.82. The van der Waals surface area contributed by atoms with Gasteiger partial charge in [0.05, 0.1) is 24.4 Å². The molecule has 88 valence electrons. The molecule has 1 heterocycles. The number of carbonyl (C=O) groups excluding carboxylic acids is 1. The molecule has 0 aromatic heterocycles. The molecular formula is C11H21NO3. The van der Waals surface area contributed by atoms with Crippen LogP contribution in [-0.4, -0.2) is 53.2 Å². The van der Waals surface area contributed by atoms with Gasteiger partial charge >= 0.3 is 0 Å². The van der Waals surface area contributed by atoms with Crippen molar-refractivity contribution in [3.8, 4) is 0 Å². The minimum atomic E-state index is -0.296. The van der Waals surface area contributed by atoms with Gasteiger partial charge in [-0.3, -0.25) is 9.69 Å². The van der Waals surface area contributed by atoms with E-state index in [0.29, 0.717) is 6.54 Å². The number of Topliss-reactive ketones (excluding diaryl/α,β-unsaturated/α-hetero) is 1. The number of morpholine rings is 1. The van der Waals surface area contributed by atoms with Crippen LogP contribution >= 0.6 is 0 Å². The molecular weight excluding hydrogens is 194 g/mol. The van der Waals surface area contributed by atoms with E-state index in [1.807, 2.05) is 20.8 Å². The van der Waals surface area contributed by atoms with Gasteiger partial charge in [-0.15, -0.1) is 0 Å². The van der Waals surface area contributed by atoms with Gasteiger partial charge in [0.25, 0.3) is 0 Å². The Balaban J connectivity index is 2.69. The highest BCUT2D eigenvalue weighted by Gasteiger charge is 2.35. The van der Waals surface area contributed by atoms with Crippen LogP contribution in [0.25, 0.3) is 0 Å². The molecule has 1 aliphatic rings. The maximum Gasteiger partial charge on any atom is 0.146 e.